The maximum atomic E-state index is 2.26. The van der Waals surface area contributed by atoms with Gasteiger partial charge in [0.05, 0.1) is 0 Å². The second-order valence-corrected chi connectivity index (χ2v) is 2.45. The summed E-state index contributed by atoms with van der Waals surface area (Å²) < 4.78 is 0. The standard InChI is InChI=1S/C2H5.CH3.Al.ClH/c1-2;;;/h1H2,2H3;1H3;;1H. The van der Waals surface area contributed by atoms with Crippen LogP contribution in [0.15, 0.2) is 0 Å². The molecule has 0 atom stereocenters. The quantitative estimate of drug-likeness (QED) is 0.447. The van der Waals surface area contributed by atoms with E-state index >= 15 is 0 Å². The van der Waals surface area contributed by atoms with Gasteiger partial charge in [-0.3, -0.25) is 0 Å². The van der Waals surface area contributed by atoms with Gasteiger partial charge in [-0.15, -0.1) is 23.5 Å². The van der Waals surface area contributed by atoms with Crippen molar-refractivity contribution in [3.05, 3.63) is 0 Å². The molecule has 0 aliphatic rings. The minimum absolute atomic E-state index is 0. The molecule has 0 unspecified atom stereocenters. The van der Waals surface area contributed by atoms with E-state index in [1.165, 1.54) is 5.28 Å². The zero-order valence-corrected chi connectivity index (χ0v) is 5.66. The molecule has 0 aromatic rings. The SMILES string of the molecule is C[CH2][Al][CH3].Cl. The summed E-state index contributed by atoms with van der Waals surface area (Å²) in [6, 6.07) is 0. The first-order chi connectivity index (χ1) is 1.91. The van der Waals surface area contributed by atoms with Crippen LogP contribution in [-0.4, -0.2) is 15.2 Å². The number of hydrogen-bond acceptors (Lipinski definition) is 0. The highest BCUT2D eigenvalue weighted by Gasteiger charge is 1.63. The van der Waals surface area contributed by atoms with Crippen LogP contribution in [0.1, 0.15) is 6.92 Å². The average Bonchev–Trinajstić information content (AvgIpc) is 1.37. The summed E-state index contributed by atoms with van der Waals surface area (Å²) in [5.74, 6) is 2.26. The third kappa shape index (κ3) is 11.6. The topological polar surface area (TPSA) is 0 Å². The maximum Gasteiger partial charge on any atom is 0.195 e. The second kappa shape index (κ2) is 8.85. The molecule has 0 rings (SSSR count). The highest BCUT2D eigenvalue weighted by molar-refractivity contribution is 6.33. The van der Waals surface area contributed by atoms with Gasteiger partial charge in [0.15, 0.2) is 15.2 Å². The van der Waals surface area contributed by atoms with Crippen LogP contribution in [0.3, 0.4) is 0 Å². The van der Waals surface area contributed by atoms with Crippen molar-refractivity contribution in [2.45, 2.75) is 18.0 Å². The summed E-state index contributed by atoms with van der Waals surface area (Å²) in [6.45, 7) is 2.22. The van der Waals surface area contributed by atoms with Gasteiger partial charge in [-0.1, -0.05) is 6.92 Å². The molecule has 31 valence electrons. The molecule has 0 N–H and O–H groups in total. The summed E-state index contributed by atoms with van der Waals surface area (Å²) in [4.78, 5) is 0. The Balaban J connectivity index is 0. The molecule has 1 radical (unpaired) electrons. The van der Waals surface area contributed by atoms with E-state index in [-0.39, 0.29) is 12.4 Å². The lowest BCUT2D eigenvalue weighted by Crippen LogP contribution is -1.67. The van der Waals surface area contributed by atoms with Gasteiger partial charge < -0.3 is 0 Å². The third-order valence-corrected chi connectivity index (χ3v) is 1.22. The fraction of sp³-hybridized carbons (Fsp3) is 1.00. The lowest BCUT2D eigenvalue weighted by Gasteiger charge is -1.62. The van der Waals surface area contributed by atoms with Crippen molar-refractivity contribution in [2.75, 3.05) is 0 Å². The van der Waals surface area contributed by atoms with Crippen molar-refractivity contribution >= 4 is 27.6 Å². The van der Waals surface area contributed by atoms with Gasteiger partial charge in [-0.2, -0.15) is 0 Å². The van der Waals surface area contributed by atoms with Crippen LogP contribution in [-0.2, 0) is 0 Å². The Hall–Kier alpha value is 0.822. The fourth-order valence-electron chi connectivity index (χ4n) is 0. The van der Waals surface area contributed by atoms with Gasteiger partial charge in [0, 0.05) is 0 Å². The molecule has 0 amide bonds. The van der Waals surface area contributed by atoms with Gasteiger partial charge in [-0.25, -0.2) is 0 Å². The molecule has 0 aliphatic heterocycles. The van der Waals surface area contributed by atoms with Crippen LogP contribution < -0.4 is 0 Å². The number of halogens is 1. The van der Waals surface area contributed by atoms with E-state index in [4.69, 9.17) is 0 Å². The molecular weight excluding hydrogens is 98.5 g/mol. The summed E-state index contributed by atoms with van der Waals surface area (Å²) in [5, 5.41) is 1.40. The van der Waals surface area contributed by atoms with Crippen molar-refractivity contribution in [3.63, 3.8) is 0 Å². The Bertz CT molecular complexity index is 8.85. The molecule has 0 fully saturated rings. The van der Waals surface area contributed by atoms with E-state index in [1.807, 2.05) is 0 Å². The Labute approximate surface area is 46.1 Å². The molecule has 0 saturated heterocycles. The van der Waals surface area contributed by atoms with Crippen LogP contribution in [0.5, 0.6) is 0 Å². The van der Waals surface area contributed by atoms with Crippen LogP contribution >= 0.6 is 12.4 Å². The summed E-state index contributed by atoms with van der Waals surface area (Å²) >= 11 is 0.782. The van der Waals surface area contributed by atoms with Gasteiger partial charge in [0.1, 0.15) is 0 Å². The molecule has 2 heteroatoms. The largest absolute Gasteiger partial charge is 0.195 e. The molecule has 0 aromatic carbocycles. The predicted molar refractivity (Wildman–Crippen MR) is 29.3 cm³/mol. The number of hydrogen-bond donors (Lipinski definition) is 0. The lowest BCUT2D eigenvalue weighted by molar-refractivity contribution is 1.45. The second-order valence-electron chi connectivity index (χ2n) is 0.816. The van der Waals surface area contributed by atoms with Crippen molar-refractivity contribution in [2.24, 2.45) is 0 Å². The molecule has 0 nitrogen and oxygen atoms in total. The van der Waals surface area contributed by atoms with Crippen LogP contribution in [0.4, 0.5) is 0 Å². The van der Waals surface area contributed by atoms with E-state index in [1.54, 1.807) is 0 Å². The molecule has 5 heavy (non-hydrogen) atoms. The van der Waals surface area contributed by atoms with Crippen molar-refractivity contribution in [3.8, 4) is 0 Å². The zero-order chi connectivity index (χ0) is 3.41. The molecule has 0 spiro atoms. The monoisotopic (exact) mass is 107 g/mol. The smallest absolute Gasteiger partial charge is 0.147 e. The average molecular weight is 108 g/mol. The molecule has 0 heterocycles. The Morgan fingerprint density at radius 3 is 1.80 bits per heavy atom. The molecular formula is C3H9AlCl. The summed E-state index contributed by atoms with van der Waals surface area (Å²) in [7, 11) is 0. The van der Waals surface area contributed by atoms with Crippen LogP contribution in [0.2, 0.25) is 11.1 Å². The molecule has 0 aliphatic carbocycles. The van der Waals surface area contributed by atoms with E-state index in [0.29, 0.717) is 0 Å². The van der Waals surface area contributed by atoms with E-state index in [9.17, 15) is 0 Å². The first kappa shape index (κ1) is 9.27. The first-order valence-electron chi connectivity index (χ1n) is 1.69. The van der Waals surface area contributed by atoms with Crippen molar-refractivity contribution < 1.29 is 0 Å². The Morgan fingerprint density at radius 1 is 1.60 bits per heavy atom. The van der Waals surface area contributed by atoms with E-state index in [2.05, 4.69) is 12.7 Å². The predicted octanol–water partition coefficient (Wildman–Crippen LogP) is 1.60. The molecule has 0 bridgehead atoms. The summed E-state index contributed by atoms with van der Waals surface area (Å²) in [6.07, 6.45) is 0. The Kier molecular flexibility index (Phi) is 16.4. The minimum Gasteiger partial charge on any atom is -0.147 e. The highest BCUT2D eigenvalue weighted by Crippen LogP contribution is 1.64. The third-order valence-electron chi connectivity index (χ3n) is 0.408. The van der Waals surface area contributed by atoms with E-state index in [0.717, 1.165) is 15.2 Å². The van der Waals surface area contributed by atoms with Gasteiger partial charge in [0.25, 0.3) is 0 Å². The van der Waals surface area contributed by atoms with Gasteiger partial charge >= 0.3 is 0 Å². The van der Waals surface area contributed by atoms with E-state index < -0.39 is 0 Å². The van der Waals surface area contributed by atoms with Crippen molar-refractivity contribution in [1.82, 2.24) is 0 Å². The van der Waals surface area contributed by atoms with Gasteiger partial charge in [0.2, 0.25) is 0 Å². The fourth-order valence-corrected chi connectivity index (χ4v) is 0. The summed E-state index contributed by atoms with van der Waals surface area (Å²) in [5.41, 5.74) is 0. The lowest BCUT2D eigenvalue weighted by atomic mass is 11.0. The minimum atomic E-state index is 0. The first-order valence-corrected chi connectivity index (χ1v) is 3.66. The number of rotatable bonds is 1. The highest BCUT2D eigenvalue weighted by atomic mass is 35.5. The van der Waals surface area contributed by atoms with Crippen molar-refractivity contribution in [1.29, 1.82) is 0 Å². The molecule has 0 aromatic heterocycles. The Morgan fingerprint density at radius 2 is 1.80 bits per heavy atom. The zero-order valence-electron chi connectivity index (χ0n) is 3.69. The normalized spacial score (nSPS) is 5.20. The van der Waals surface area contributed by atoms with Crippen LogP contribution in [0.25, 0.3) is 0 Å². The molecule has 0 saturated carbocycles. The van der Waals surface area contributed by atoms with Gasteiger partial charge in [-0.05, 0) is 0 Å². The van der Waals surface area contributed by atoms with Crippen LogP contribution in [0, 0.1) is 0 Å². The maximum absolute atomic E-state index is 2.26.